The molecule has 0 aliphatic carbocycles. The number of benzene rings is 4. The number of phenolic OH excluding ortho intramolecular Hbond substituents is 1. The second kappa shape index (κ2) is 10.5. The summed E-state index contributed by atoms with van der Waals surface area (Å²) in [6, 6.07) is 33.3. The van der Waals surface area contributed by atoms with Gasteiger partial charge in [-0.25, -0.2) is 4.98 Å². The molecule has 1 N–H and O–H groups in total. The first kappa shape index (κ1) is 27.9. The molecule has 210 valence electrons. The van der Waals surface area contributed by atoms with E-state index in [0.29, 0.717) is 0 Å². The van der Waals surface area contributed by atoms with Crippen molar-refractivity contribution in [2.45, 2.75) is 52.4 Å². The summed E-state index contributed by atoms with van der Waals surface area (Å²) in [5, 5.41) is 11.4. The number of hydrogen-bond donors (Lipinski definition) is 1. The monoisotopic (exact) mass is 568 g/mol. The molecule has 0 bridgehead atoms. The molecule has 6 aromatic rings. The minimum Gasteiger partial charge on any atom is -0.507 e. The van der Waals surface area contributed by atoms with Crippen molar-refractivity contribution in [1.29, 1.82) is 0 Å². The van der Waals surface area contributed by atoms with E-state index >= 15 is 0 Å². The second-order valence-electron chi connectivity index (χ2n) is 12.9. The third-order valence-electron chi connectivity index (χ3n) is 7.76. The molecule has 0 fully saturated rings. The zero-order valence-corrected chi connectivity index (χ0v) is 25.9. The summed E-state index contributed by atoms with van der Waals surface area (Å²) in [6.45, 7) is 13.7. The summed E-state index contributed by atoms with van der Waals surface area (Å²) in [6.07, 6.45) is 1.92. The van der Waals surface area contributed by atoms with Crippen molar-refractivity contribution in [3.63, 3.8) is 0 Å². The summed E-state index contributed by atoms with van der Waals surface area (Å²) in [5.41, 5.74) is 10.7. The topological polar surface area (TPSA) is 46.0 Å². The van der Waals surface area contributed by atoms with E-state index in [1.807, 2.05) is 30.5 Å². The Bertz CT molecular complexity index is 1910. The Morgan fingerprint density at radius 2 is 1.26 bits per heavy atom. The maximum Gasteiger partial charge on any atom is 0.128 e. The number of aromatic nitrogens is 2. The molecule has 6 rings (SSSR count). The van der Waals surface area contributed by atoms with Crippen LogP contribution in [0.25, 0.3) is 54.3 Å². The van der Waals surface area contributed by atoms with Crippen LogP contribution in [0.1, 0.15) is 52.7 Å². The fourth-order valence-electron chi connectivity index (χ4n) is 5.60. The van der Waals surface area contributed by atoms with Crippen molar-refractivity contribution in [3.05, 3.63) is 114 Å². The van der Waals surface area contributed by atoms with E-state index < -0.39 is 0 Å². The van der Waals surface area contributed by atoms with Crippen LogP contribution in [0.3, 0.4) is 0 Å². The Morgan fingerprint density at radius 3 is 1.98 bits per heavy atom. The first-order chi connectivity index (χ1) is 20.0. The van der Waals surface area contributed by atoms with E-state index in [9.17, 15) is 5.11 Å². The van der Waals surface area contributed by atoms with E-state index in [4.69, 9.17) is 9.97 Å². The van der Waals surface area contributed by atoms with Crippen LogP contribution < -0.4 is 0 Å². The average Bonchev–Trinajstić information content (AvgIpc) is 3.41. The highest BCUT2D eigenvalue weighted by atomic mass is 32.1. The largest absolute Gasteiger partial charge is 0.507 e. The Kier molecular flexibility index (Phi) is 6.98. The maximum absolute atomic E-state index is 10.6. The van der Waals surface area contributed by atoms with Crippen molar-refractivity contribution in [2.24, 2.45) is 0 Å². The zero-order valence-electron chi connectivity index (χ0n) is 25.1. The molecule has 42 heavy (non-hydrogen) atoms. The van der Waals surface area contributed by atoms with E-state index in [1.54, 1.807) is 17.4 Å². The first-order valence-electron chi connectivity index (χ1n) is 14.4. The van der Waals surface area contributed by atoms with Gasteiger partial charge < -0.3 is 5.11 Å². The molecule has 0 aliphatic heterocycles. The summed E-state index contributed by atoms with van der Waals surface area (Å²) in [7, 11) is 0. The standard InChI is InChI=1S/C38H36N2OS/c1-37(2,3)30-23-31(38(4,5)6)29(32-21-25(19-20-39-32)24-13-8-7-9-14-24)22-28(30)26-16-12-18-34-35(26)40-36(42-34)27-15-10-11-17-33(27)41/h7-23,41H,1-6H3. The number of thiazole rings is 1. The SMILES string of the molecule is CC(C)(C)c1cc(C(C)(C)C)c(-c2cccc3sc(-c4ccccc4O)nc23)cc1-c1cc(-c2ccccc2)ccn1. The summed E-state index contributed by atoms with van der Waals surface area (Å²) in [5.74, 6) is 0.245. The lowest BCUT2D eigenvalue weighted by Crippen LogP contribution is -2.19. The van der Waals surface area contributed by atoms with Crippen molar-refractivity contribution < 1.29 is 5.11 Å². The van der Waals surface area contributed by atoms with Crippen molar-refractivity contribution in [3.8, 4) is 49.8 Å². The summed E-state index contributed by atoms with van der Waals surface area (Å²) in [4.78, 5) is 10.0. The van der Waals surface area contributed by atoms with E-state index in [0.717, 1.165) is 48.7 Å². The lowest BCUT2D eigenvalue weighted by molar-refractivity contribution is 0.477. The molecule has 0 aliphatic rings. The minimum atomic E-state index is -0.105. The van der Waals surface area contributed by atoms with Gasteiger partial charge >= 0.3 is 0 Å². The molecule has 0 saturated carbocycles. The van der Waals surface area contributed by atoms with Crippen molar-refractivity contribution in [1.82, 2.24) is 9.97 Å². The van der Waals surface area contributed by atoms with Crippen LogP contribution in [0.5, 0.6) is 5.75 Å². The lowest BCUT2D eigenvalue weighted by Gasteiger charge is -2.30. The Labute approximate surface area is 252 Å². The van der Waals surface area contributed by atoms with E-state index in [-0.39, 0.29) is 16.6 Å². The summed E-state index contributed by atoms with van der Waals surface area (Å²) >= 11 is 1.61. The van der Waals surface area contributed by atoms with Gasteiger partial charge in [-0.15, -0.1) is 11.3 Å². The van der Waals surface area contributed by atoms with Gasteiger partial charge in [0.1, 0.15) is 10.8 Å². The smallest absolute Gasteiger partial charge is 0.128 e. The normalized spacial score (nSPS) is 12.1. The number of phenols is 1. The van der Waals surface area contributed by atoms with Crippen LogP contribution in [0.2, 0.25) is 0 Å². The van der Waals surface area contributed by atoms with Crippen LogP contribution in [0, 0.1) is 0 Å². The van der Waals surface area contributed by atoms with Crippen LogP contribution in [-0.2, 0) is 10.8 Å². The molecular formula is C38H36N2OS. The first-order valence-corrected chi connectivity index (χ1v) is 15.2. The zero-order chi connectivity index (χ0) is 29.6. The lowest BCUT2D eigenvalue weighted by atomic mass is 9.74. The van der Waals surface area contributed by atoms with Crippen molar-refractivity contribution in [2.75, 3.05) is 0 Å². The molecule has 0 amide bonds. The Hall–Kier alpha value is -4.28. The fourth-order valence-corrected chi connectivity index (χ4v) is 6.63. The van der Waals surface area contributed by atoms with Gasteiger partial charge in [-0.05, 0) is 75.0 Å². The van der Waals surface area contributed by atoms with Gasteiger partial charge in [0.15, 0.2) is 0 Å². The van der Waals surface area contributed by atoms with E-state index in [2.05, 4.69) is 108 Å². The van der Waals surface area contributed by atoms with Gasteiger partial charge in [0, 0.05) is 17.3 Å². The highest BCUT2D eigenvalue weighted by molar-refractivity contribution is 7.21. The van der Waals surface area contributed by atoms with Crippen LogP contribution in [0.4, 0.5) is 0 Å². The molecular weight excluding hydrogens is 532 g/mol. The summed E-state index contributed by atoms with van der Waals surface area (Å²) < 4.78 is 1.09. The predicted octanol–water partition coefficient (Wildman–Crippen LogP) is 10.7. The molecule has 2 heterocycles. The van der Waals surface area contributed by atoms with Gasteiger partial charge in [0.25, 0.3) is 0 Å². The number of hydrogen-bond acceptors (Lipinski definition) is 4. The van der Waals surface area contributed by atoms with Gasteiger partial charge in [-0.1, -0.05) is 102 Å². The molecule has 3 nitrogen and oxygen atoms in total. The maximum atomic E-state index is 10.6. The average molecular weight is 569 g/mol. The third kappa shape index (κ3) is 5.23. The highest BCUT2D eigenvalue weighted by Gasteiger charge is 2.28. The fraction of sp³-hybridized carbons (Fsp3) is 0.211. The molecule has 0 spiro atoms. The Morgan fingerprint density at radius 1 is 0.595 bits per heavy atom. The molecule has 0 saturated heterocycles. The molecule has 0 radical (unpaired) electrons. The minimum absolute atomic E-state index is 0.0943. The quantitative estimate of drug-likeness (QED) is 0.230. The third-order valence-corrected chi connectivity index (χ3v) is 8.81. The number of para-hydroxylation sites is 2. The van der Waals surface area contributed by atoms with Crippen LogP contribution in [0.15, 0.2) is 103 Å². The van der Waals surface area contributed by atoms with Crippen LogP contribution in [-0.4, -0.2) is 15.1 Å². The molecule has 0 atom stereocenters. The molecule has 2 aromatic heterocycles. The highest BCUT2D eigenvalue weighted by Crippen LogP contribution is 2.45. The molecule has 4 heteroatoms. The van der Waals surface area contributed by atoms with Gasteiger partial charge in [0.05, 0.1) is 21.5 Å². The van der Waals surface area contributed by atoms with Gasteiger partial charge in [-0.3, -0.25) is 4.98 Å². The van der Waals surface area contributed by atoms with Gasteiger partial charge in [0.2, 0.25) is 0 Å². The van der Waals surface area contributed by atoms with Crippen molar-refractivity contribution >= 4 is 21.6 Å². The van der Waals surface area contributed by atoms with Gasteiger partial charge in [-0.2, -0.15) is 0 Å². The van der Waals surface area contributed by atoms with E-state index in [1.165, 1.54) is 16.7 Å². The predicted molar refractivity (Wildman–Crippen MR) is 178 cm³/mol. The molecule has 4 aromatic carbocycles. The number of rotatable bonds is 4. The Balaban J connectivity index is 1.62. The number of aromatic hydroxyl groups is 1. The van der Waals surface area contributed by atoms with Crippen LogP contribution >= 0.6 is 11.3 Å². The number of fused-ring (bicyclic) bond motifs is 1. The number of pyridine rings is 1. The number of nitrogens with zero attached hydrogens (tertiary/aromatic N) is 2. The second-order valence-corrected chi connectivity index (χ2v) is 14.0. The molecule has 0 unspecified atom stereocenters.